The average Bonchev–Trinajstić information content (AvgIpc) is 2.66. The molecule has 0 aliphatic rings. The van der Waals surface area contributed by atoms with Crippen molar-refractivity contribution < 1.29 is 0 Å². The van der Waals surface area contributed by atoms with Crippen LogP contribution in [0.1, 0.15) is 36.5 Å². The molecule has 0 unspecified atom stereocenters. The second kappa shape index (κ2) is 5.08. The summed E-state index contributed by atoms with van der Waals surface area (Å²) in [5.74, 6) is 0. The van der Waals surface area contributed by atoms with Crippen LogP contribution < -0.4 is 5.73 Å². The van der Waals surface area contributed by atoms with E-state index in [0.29, 0.717) is 5.02 Å². The van der Waals surface area contributed by atoms with Crippen LogP contribution in [0, 0.1) is 13.8 Å². The van der Waals surface area contributed by atoms with Crippen molar-refractivity contribution in [2.75, 3.05) is 0 Å². The molecule has 0 amide bonds. The van der Waals surface area contributed by atoms with Crippen LogP contribution in [0.4, 0.5) is 0 Å². The molecule has 0 aliphatic heterocycles. The molecule has 18 heavy (non-hydrogen) atoms. The van der Waals surface area contributed by atoms with Gasteiger partial charge >= 0.3 is 0 Å². The number of hydrogen-bond acceptors (Lipinski definition) is 3. The number of nitrogens with zero attached hydrogens (tertiary/aromatic N) is 3. The van der Waals surface area contributed by atoms with Gasteiger partial charge in [0.25, 0.3) is 0 Å². The van der Waals surface area contributed by atoms with Gasteiger partial charge in [0.15, 0.2) is 0 Å². The van der Waals surface area contributed by atoms with Crippen LogP contribution >= 0.6 is 11.6 Å². The third kappa shape index (κ3) is 2.26. The number of aryl methyl sites for hydroxylation is 1. The first kappa shape index (κ1) is 13.1. The number of aromatic nitrogens is 3. The average molecular weight is 265 g/mol. The molecule has 2 N–H and O–H groups in total. The fraction of sp³-hybridized carbons (Fsp3) is 0.385. The van der Waals surface area contributed by atoms with E-state index in [1.165, 1.54) is 0 Å². The van der Waals surface area contributed by atoms with Gasteiger partial charge in [-0.2, -0.15) is 5.10 Å². The smallest absolute Gasteiger partial charge is 0.0848 e. The highest BCUT2D eigenvalue weighted by atomic mass is 35.5. The van der Waals surface area contributed by atoms with Crippen molar-refractivity contribution in [2.24, 2.45) is 5.73 Å². The second-order valence-corrected chi connectivity index (χ2v) is 4.73. The second-order valence-electron chi connectivity index (χ2n) is 4.35. The molecule has 2 rings (SSSR count). The van der Waals surface area contributed by atoms with E-state index in [-0.39, 0.29) is 6.04 Å². The lowest BCUT2D eigenvalue weighted by Crippen LogP contribution is -2.11. The van der Waals surface area contributed by atoms with Crippen molar-refractivity contribution in [3.8, 4) is 5.69 Å². The standard InChI is InChI=1S/C13H17ClN4/c1-4-11(15)12-6-5-10(7-16-12)18-9(3)13(14)8(2)17-18/h5-7,11H,4,15H2,1-3H3/t11-/m0/s1. The maximum atomic E-state index is 6.13. The first-order chi connectivity index (χ1) is 8.54. The van der Waals surface area contributed by atoms with Gasteiger partial charge in [-0.05, 0) is 32.4 Å². The van der Waals surface area contributed by atoms with Crippen LogP contribution in [-0.2, 0) is 0 Å². The normalized spacial score (nSPS) is 12.7. The molecular formula is C13H17ClN4. The summed E-state index contributed by atoms with van der Waals surface area (Å²) in [6, 6.07) is 3.89. The van der Waals surface area contributed by atoms with E-state index in [9.17, 15) is 0 Å². The first-order valence-electron chi connectivity index (χ1n) is 5.98. The molecule has 4 nitrogen and oxygen atoms in total. The number of nitrogens with two attached hydrogens (primary N) is 1. The summed E-state index contributed by atoms with van der Waals surface area (Å²) in [7, 11) is 0. The van der Waals surface area contributed by atoms with E-state index in [0.717, 1.165) is 29.2 Å². The molecule has 0 bridgehead atoms. The highest BCUT2D eigenvalue weighted by Crippen LogP contribution is 2.22. The number of halogens is 1. The van der Waals surface area contributed by atoms with Gasteiger partial charge in [-0.25, -0.2) is 4.68 Å². The topological polar surface area (TPSA) is 56.7 Å². The Morgan fingerprint density at radius 1 is 1.39 bits per heavy atom. The largest absolute Gasteiger partial charge is 0.323 e. The van der Waals surface area contributed by atoms with Crippen molar-refractivity contribution in [1.29, 1.82) is 0 Å². The van der Waals surface area contributed by atoms with Gasteiger partial charge < -0.3 is 5.73 Å². The molecule has 0 aliphatic carbocycles. The van der Waals surface area contributed by atoms with Crippen molar-refractivity contribution in [1.82, 2.24) is 14.8 Å². The molecule has 2 heterocycles. The lowest BCUT2D eigenvalue weighted by Gasteiger charge is -2.09. The zero-order valence-corrected chi connectivity index (χ0v) is 11.6. The Kier molecular flexibility index (Phi) is 3.68. The Morgan fingerprint density at radius 3 is 2.56 bits per heavy atom. The number of rotatable bonds is 3. The van der Waals surface area contributed by atoms with Gasteiger partial charge in [0.1, 0.15) is 0 Å². The van der Waals surface area contributed by atoms with Crippen LogP contribution in [-0.4, -0.2) is 14.8 Å². The molecule has 0 radical (unpaired) electrons. The van der Waals surface area contributed by atoms with Crippen LogP contribution in [0.3, 0.4) is 0 Å². The zero-order chi connectivity index (χ0) is 13.3. The van der Waals surface area contributed by atoms with Crippen molar-refractivity contribution >= 4 is 11.6 Å². The van der Waals surface area contributed by atoms with Crippen molar-refractivity contribution in [3.05, 3.63) is 40.4 Å². The van der Waals surface area contributed by atoms with E-state index in [4.69, 9.17) is 17.3 Å². The van der Waals surface area contributed by atoms with E-state index in [1.54, 1.807) is 10.9 Å². The maximum Gasteiger partial charge on any atom is 0.0848 e. The van der Waals surface area contributed by atoms with Crippen molar-refractivity contribution in [2.45, 2.75) is 33.2 Å². The minimum absolute atomic E-state index is 0.0110. The Morgan fingerprint density at radius 2 is 2.11 bits per heavy atom. The zero-order valence-electron chi connectivity index (χ0n) is 10.8. The van der Waals surface area contributed by atoms with Crippen LogP contribution in [0.2, 0.25) is 5.02 Å². The SMILES string of the molecule is CC[C@H](N)c1ccc(-n2nc(C)c(Cl)c2C)cn1. The fourth-order valence-electron chi connectivity index (χ4n) is 1.83. The van der Waals surface area contributed by atoms with E-state index < -0.39 is 0 Å². The molecule has 96 valence electrons. The summed E-state index contributed by atoms with van der Waals surface area (Å²) < 4.78 is 1.80. The van der Waals surface area contributed by atoms with E-state index in [2.05, 4.69) is 10.1 Å². The Balaban J connectivity index is 2.37. The fourth-order valence-corrected chi connectivity index (χ4v) is 1.94. The molecule has 0 spiro atoms. The summed E-state index contributed by atoms with van der Waals surface area (Å²) in [4.78, 5) is 4.38. The summed E-state index contributed by atoms with van der Waals surface area (Å²) in [5, 5.41) is 5.09. The van der Waals surface area contributed by atoms with Gasteiger partial charge in [0, 0.05) is 6.04 Å². The number of hydrogen-bond donors (Lipinski definition) is 1. The minimum Gasteiger partial charge on any atom is -0.323 e. The minimum atomic E-state index is -0.0110. The lowest BCUT2D eigenvalue weighted by atomic mass is 10.1. The maximum absolute atomic E-state index is 6.13. The summed E-state index contributed by atoms with van der Waals surface area (Å²) in [5.41, 5.74) is 9.47. The Labute approximate surface area is 112 Å². The molecule has 0 saturated heterocycles. The third-order valence-electron chi connectivity index (χ3n) is 3.04. The molecule has 1 atom stereocenters. The summed E-state index contributed by atoms with van der Waals surface area (Å²) in [6.45, 7) is 5.87. The van der Waals surface area contributed by atoms with Gasteiger partial charge in [0.05, 0.1) is 34.0 Å². The lowest BCUT2D eigenvalue weighted by molar-refractivity contribution is 0.673. The molecule has 2 aromatic heterocycles. The molecule has 0 aromatic carbocycles. The van der Waals surface area contributed by atoms with Crippen LogP contribution in [0.5, 0.6) is 0 Å². The monoisotopic (exact) mass is 264 g/mol. The Hall–Kier alpha value is -1.39. The quantitative estimate of drug-likeness (QED) is 0.927. The highest BCUT2D eigenvalue weighted by Gasteiger charge is 2.11. The van der Waals surface area contributed by atoms with Crippen molar-refractivity contribution in [3.63, 3.8) is 0 Å². The van der Waals surface area contributed by atoms with E-state index in [1.807, 2.05) is 32.9 Å². The third-order valence-corrected chi connectivity index (χ3v) is 3.59. The van der Waals surface area contributed by atoms with Gasteiger partial charge in [-0.1, -0.05) is 18.5 Å². The van der Waals surface area contributed by atoms with Crippen LogP contribution in [0.15, 0.2) is 18.3 Å². The van der Waals surface area contributed by atoms with Gasteiger partial charge in [-0.15, -0.1) is 0 Å². The number of pyridine rings is 1. The van der Waals surface area contributed by atoms with Gasteiger partial charge in [-0.3, -0.25) is 4.98 Å². The molecule has 0 saturated carbocycles. The molecule has 0 fully saturated rings. The van der Waals surface area contributed by atoms with Crippen LogP contribution in [0.25, 0.3) is 5.69 Å². The highest BCUT2D eigenvalue weighted by molar-refractivity contribution is 6.31. The van der Waals surface area contributed by atoms with Gasteiger partial charge in [0.2, 0.25) is 0 Å². The predicted molar refractivity (Wildman–Crippen MR) is 73.1 cm³/mol. The summed E-state index contributed by atoms with van der Waals surface area (Å²) in [6.07, 6.45) is 2.65. The Bertz CT molecular complexity index is 545. The first-order valence-corrected chi connectivity index (χ1v) is 6.36. The predicted octanol–water partition coefficient (Wildman–Crippen LogP) is 2.95. The molecule has 5 heteroatoms. The van der Waals surface area contributed by atoms with E-state index >= 15 is 0 Å². The summed E-state index contributed by atoms with van der Waals surface area (Å²) >= 11 is 6.13. The molecular weight excluding hydrogens is 248 g/mol. The molecule has 2 aromatic rings.